The standard InChI is InChI=1S/C102H100/c1-66-60-68(3)98(69(4)61-66)79-40-34-76(35-41-79)84-52-56-94-96(64-84)97-65-85(77-36-42-80(43-37-77)99-70(5)62-67(2)63-71(99)6)53-57-95(97)101(94)83-48-38-78(39-49-83)90-58-59-93(92-29-19-28-91(90)92)100(81-44-30-73(31-45-81)72-20-11-7-12-21-72)82-46-32-74(33-47-82)75-50-54-89(55-51-75)102(86-22-13-8-14-23-86,87-24-15-9-16-25-87)88-26-17-10-18-27-88/h7-18,20-27,32-38,40-43,46-48,50-52,54-56,58-64,73,78,81,83,85,91-92,95,97,100-101H,19,28-31,39,44-45,49,53,57,65H2,1-6H3. The van der Waals surface area contributed by atoms with E-state index in [1.54, 1.807) is 22.3 Å². The zero-order chi connectivity index (χ0) is 69.0. The molecule has 0 N–H and O–H groups in total. The second-order valence-electron chi connectivity index (χ2n) is 32.2. The molecule has 3 saturated carbocycles. The lowest BCUT2D eigenvalue weighted by atomic mass is 9.63. The van der Waals surface area contributed by atoms with Crippen LogP contribution in [0.25, 0.3) is 44.5 Å². The summed E-state index contributed by atoms with van der Waals surface area (Å²) in [6.45, 7) is 13.5. The molecule has 11 aromatic carbocycles. The first kappa shape index (κ1) is 65.9. The van der Waals surface area contributed by atoms with E-state index in [1.165, 1.54) is 194 Å². The highest BCUT2D eigenvalue weighted by molar-refractivity contribution is 5.76. The van der Waals surface area contributed by atoms with Gasteiger partial charge in [-0.1, -0.05) is 314 Å². The van der Waals surface area contributed by atoms with Crippen molar-refractivity contribution < 1.29 is 0 Å². The van der Waals surface area contributed by atoms with Gasteiger partial charge in [-0.3, -0.25) is 0 Å². The number of fused-ring (bicyclic) bond motifs is 4. The summed E-state index contributed by atoms with van der Waals surface area (Å²) in [4.78, 5) is 0. The molecule has 3 fully saturated rings. The van der Waals surface area contributed by atoms with Gasteiger partial charge in [-0.25, -0.2) is 0 Å². The summed E-state index contributed by atoms with van der Waals surface area (Å²) < 4.78 is 0. The zero-order valence-corrected chi connectivity index (χ0v) is 61.0. The van der Waals surface area contributed by atoms with Gasteiger partial charge in [-0.15, -0.1) is 0 Å². The Morgan fingerprint density at radius 2 is 0.814 bits per heavy atom. The molecule has 0 radical (unpaired) electrons. The number of aryl methyl sites for hydroxylation is 6. The van der Waals surface area contributed by atoms with Gasteiger partial charge in [0.1, 0.15) is 0 Å². The maximum atomic E-state index is 2.77. The predicted octanol–water partition coefficient (Wildman–Crippen LogP) is 27.0. The van der Waals surface area contributed by atoms with Crippen molar-refractivity contribution in [1.29, 1.82) is 0 Å². The number of benzene rings is 11. The predicted molar refractivity (Wildman–Crippen MR) is 430 cm³/mol. The number of hydrogen-bond acceptors (Lipinski definition) is 0. The molecule has 11 aromatic rings. The van der Waals surface area contributed by atoms with Crippen molar-refractivity contribution in [3.05, 3.63) is 380 Å². The molecular formula is C102H100. The van der Waals surface area contributed by atoms with Gasteiger partial charge in [-0.2, -0.15) is 0 Å². The Balaban J connectivity index is 0.664. The smallest absolute Gasteiger partial charge is 0.0701 e. The fourth-order valence-electron chi connectivity index (χ4n) is 21.9. The topological polar surface area (TPSA) is 0 Å². The Morgan fingerprint density at radius 3 is 1.37 bits per heavy atom. The van der Waals surface area contributed by atoms with Crippen LogP contribution in [-0.4, -0.2) is 0 Å². The minimum atomic E-state index is -0.472. The van der Waals surface area contributed by atoms with E-state index in [-0.39, 0.29) is 0 Å². The molecule has 102 heavy (non-hydrogen) atoms. The van der Waals surface area contributed by atoms with Crippen LogP contribution in [-0.2, 0) is 5.41 Å². The average molecular weight is 1330 g/mol. The molecule has 0 heterocycles. The fourth-order valence-corrected chi connectivity index (χ4v) is 21.9. The molecule has 9 atom stereocenters. The van der Waals surface area contributed by atoms with Crippen LogP contribution in [0.1, 0.15) is 190 Å². The van der Waals surface area contributed by atoms with Gasteiger partial charge in [0.15, 0.2) is 0 Å². The molecule has 508 valence electrons. The second-order valence-corrected chi connectivity index (χ2v) is 32.2. The molecule has 0 aromatic heterocycles. The summed E-state index contributed by atoms with van der Waals surface area (Å²) in [6, 6.07) is 101. The third-order valence-corrected chi connectivity index (χ3v) is 26.3. The van der Waals surface area contributed by atoms with Crippen LogP contribution in [0.3, 0.4) is 0 Å². The highest BCUT2D eigenvalue weighted by atomic mass is 14.5. The Bertz CT molecular complexity index is 4740. The van der Waals surface area contributed by atoms with Crippen molar-refractivity contribution >= 4 is 0 Å². The van der Waals surface area contributed by atoms with Crippen molar-refractivity contribution in [2.24, 2.45) is 35.5 Å². The Kier molecular flexibility index (Phi) is 18.2. The molecule has 0 saturated heterocycles. The van der Waals surface area contributed by atoms with Crippen LogP contribution >= 0.6 is 0 Å². The minimum absolute atomic E-state index is 0.417. The van der Waals surface area contributed by atoms with Crippen LogP contribution in [0, 0.1) is 77.0 Å². The van der Waals surface area contributed by atoms with Crippen LogP contribution in [0.5, 0.6) is 0 Å². The largest absolute Gasteiger partial charge is 0.0842 e. The third-order valence-electron chi connectivity index (χ3n) is 26.3. The Morgan fingerprint density at radius 1 is 0.343 bits per heavy atom. The third kappa shape index (κ3) is 12.3. The van der Waals surface area contributed by atoms with Gasteiger partial charge in [-0.05, 0) is 288 Å². The van der Waals surface area contributed by atoms with Gasteiger partial charge < -0.3 is 0 Å². The lowest BCUT2D eigenvalue weighted by Crippen LogP contribution is -2.30. The summed E-state index contributed by atoms with van der Waals surface area (Å²) in [7, 11) is 0. The van der Waals surface area contributed by atoms with Crippen molar-refractivity contribution in [1.82, 2.24) is 0 Å². The van der Waals surface area contributed by atoms with Gasteiger partial charge in [0.2, 0.25) is 0 Å². The summed E-state index contributed by atoms with van der Waals surface area (Å²) in [5.74, 6) is 6.27. The molecule has 17 rings (SSSR count). The van der Waals surface area contributed by atoms with Crippen molar-refractivity contribution in [2.45, 2.75) is 154 Å². The van der Waals surface area contributed by atoms with Crippen LogP contribution in [0.4, 0.5) is 0 Å². The van der Waals surface area contributed by atoms with Gasteiger partial charge in [0, 0.05) is 5.92 Å². The van der Waals surface area contributed by atoms with E-state index in [1.807, 2.05) is 0 Å². The summed E-state index contributed by atoms with van der Waals surface area (Å²) in [5, 5.41) is 0. The lowest BCUT2D eigenvalue weighted by molar-refractivity contribution is 0.228. The SMILES string of the molecule is Cc1cc(C)c(-c2ccc(-c3ccc4c(c3)C3CC(c5ccc(-c6c(C)cc(C)cc6C)cc5)CCC3C4C3C=CC(C4=CC=C(C(c5ccc(-c6ccc(C(c7ccccc7)(c7ccccc7)c7ccccc7)cc6)cc5)C5CCC(c6ccccc6)CC5)C5CCCC45)CC3)cc2)c(C)c1. The van der Waals surface area contributed by atoms with E-state index in [0.29, 0.717) is 65.1 Å². The summed E-state index contributed by atoms with van der Waals surface area (Å²) in [5.41, 5.74) is 34.7. The van der Waals surface area contributed by atoms with Crippen molar-refractivity contribution in [3.8, 4) is 44.5 Å². The molecule has 0 nitrogen and oxygen atoms in total. The van der Waals surface area contributed by atoms with E-state index in [0.717, 1.165) is 0 Å². The molecule has 0 spiro atoms. The van der Waals surface area contributed by atoms with Crippen molar-refractivity contribution in [3.63, 3.8) is 0 Å². The molecule has 0 heteroatoms. The van der Waals surface area contributed by atoms with E-state index in [2.05, 4.69) is 327 Å². The van der Waals surface area contributed by atoms with Gasteiger partial charge in [0.25, 0.3) is 0 Å². The fraction of sp³-hybridized carbons (Fsp3) is 0.294. The highest BCUT2D eigenvalue weighted by Crippen LogP contribution is 2.62. The van der Waals surface area contributed by atoms with Crippen molar-refractivity contribution in [2.75, 3.05) is 0 Å². The Labute approximate surface area is 609 Å². The minimum Gasteiger partial charge on any atom is -0.0842 e. The first-order valence-electron chi connectivity index (χ1n) is 39.1. The van der Waals surface area contributed by atoms with E-state index < -0.39 is 5.41 Å². The van der Waals surface area contributed by atoms with Crippen LogP contribution < -0.4 is 0 Å². The molecule has 0 aliphatic heterocycles. The lowest BCUT2D eigenvalue weighted by Gasteiger charge is -2.42. The van der Waals surface area contributed by atoms with E-state index in [9.17, 15) is 0 Å². The van der Waals surface area contributed by atoms with E-state index in [4.69, 9.17) is 0 Å². The normalized spacial score (nSPS) is 23.4. The summed E-state index contributed by atoms with van der Waals surface area (Å²) >= 11 is 0. The van der Waals surface area contributed by atoms with Crippen LogP contribution in [0.2, 0.25) is 0 Å². The number of rotatable bonds is 15. The monoisotopic (exact) mass is 1320 g/mol. The highest BCUT2D eigenvalue weighted by Gasteiger charge is 2.49. The quantitative estimate of drug-likeness (QED) is 0.0709. The molecule has 0 bridgehead atoms. The van der Waals surface area contributed by atoms with Gasteiger partial charge >= 0.3 is 0 Å². The summed E-state index contributed by atoms with van der Waals surface area (Å²) in [6.07, 6.45) is 26.2. The molecule has 6 aliphatic carbocycles. The molecule has 9 unspecified atom stereocenters. The number of hydrogen-bond donors (Lipinski definition) is 0. The van der Waals surface area contributed by atoms with Gasteiger partial charge in [0.05, 0.1) is 5.41 Å². The second kappa shape index (κ2) is 28.1. The Hall–Kier alpha value is -9.36. The maximum Gasteiger partial charge on any atom is 0.0701 e. The van der Waals surface area contributed by atoms with Crippen LogP contribution in [0.15, 0.2) is 296 Å². The molecule has 6 aliphatic rings. The average Bonchev–Trinajstić information content (AvgIpc) is 1.41. The first-order valence-corrected chi connectivity index (χ1v) is 39.1. The maximum absolute atomic E-state index is 2.77. The molecule has 0 amide bonds. The number of allylic oxidation sites excluding steroid dienone is 6. The first-order chi connectivity index (χ1) is 50.0. The van der Waals surface area contributed by atoms with E-state index >= 15 is 0 Å². The molecular weight excluding hydrogens is 1230 g/mol. The zero-order valence-electron chi connectivity index (χ0n) is 61.0.